The van der Waals surface area contributed by atoms with Crippen LogP contribution in [-0.4, -0.2) is 34.2 Å². The van der Waals surface area contributed by atoms with Crippen LogP contribution >= 0.6 is 0 Å². The van der Waals surface area contributed by atoms with E-state index < -0.39 is 17.6 Å². The Kier molecular flexibility index (Phi) is 4.97. The molecule has 1 aromatic heterocycles. The zero-order chi connectivity index (χ0) is 19.7. The van der Waals surface area contributed by atoms with Crippen molar-refractivity contribution in [1.29, 1.82) is 0 Å². The highest BCUT2D eigenvalue weighted by Crippen LogP contribution is 2.32. The summed E-state index contributed by atoms with van der Waals surface area (Å²) in [7, 11) is 0. The predicted molar refractivity (Wildman–Crippen MR) is 99.4 cm³/mol. The van der Waals surface area contributed by atoms with Crippen molar-refractivity contribution in [2.45, 2.75) is 31.6 Å². The van der Waals surface area contributed by atoms with Gasteiger partial charge in [-0.05, 0) is 55.3 Å². The third kappa shape index (κ3) is 4.11. The Morgan fingerprint density at radius 2 is 2.04 bits per heavy atom. The van der Waals surface area contributed by atoms with E-state index in [4.69, 9.17) is 0 Å². The van der Waals surface area contributed by atoms with Crippen molar-refractivity contribution < 1.29 is 17.6 Å². The summed E-state index contributed by atoms with van der Waals surface area (Å²) in [4.78, 5) is 2.10. The van der Waals surface area contributed by atoms with Gasteiger partial charge >= 0.3 is 6.18 Å². The van der Waals surface area contributed by atoms with Crippen LogP contribution in [0.25, 0.3) is 10.9 Å². The minimum atomic E-state index is -4.68. The molecule has 1 atom stereocenters. The van der Waals surface area contributed by atoms with E-state index in [0.717, 1.165) is 48.1 Å². The molecule has 0 aliphatic carbocycles. The maximum atomic E-state index is 13.5. The molecule has 4 rings (SSSR count). The number of hydrogen-bond donors (Lipinski definition) is 2. The number of aromatic amines is 1. The van der Waals surface area contributed by atoms with Crippen LogP contribution in [0.3, 0.4) is 0 Å². The van der Waals surface area contributed by atoms with Crippen molar-refractivity contribution >= 4 is 16.6 Å². The molecule has 3 aromatic rings. The van der Waals surface area contributed by atoms with Crippen molar-refractivity contribution in [2.75, 3.05) is 18.4 Å². The van der Waals surface area contributed by atoms with Gasteiger partial charge < -0.3 is 5.32 Å². The van der Waals surface area contributed by atoms with Crippen molar-refractivity contribution in [2.24, 2.45) is 0 Å². The van der Waals surface area contributed by atoms with E-state index in [2.05, 4.69) is 20.4 Å². The second kappa shape index (κ2) is 7.43. The van der Waals surface area contributed by atoms with E-state index >= 15 is 0 Å². The lowest BCUT2D eigenvalue weighted by Gasteiger charge is -2.33. The van der Waals surface area contributed by atoms with Gasteiger partial charge in [0.15, 0.2) is 0 Å². The number of hydrogen-bond acceptors (Lipinski definition) is 3. The molecule has 0 amide bonds. The smallest absolute Gasteiger partial charge is 0.381 e. The molecule has 1 aliphatic heterocycles. The number of aromatic nitrogens is 2. The Morgan fingerprint density at radius 1 is 1.18 bits per heavy atom. The minimum absolute atomic E-state index is 0.195. The van der Waals surface area contributed by atoms with Gasteiger partial charge in [0.05, 0.1) is 17.3 Å². The molecule has 8 heteroatoms. The molecule has 28 heavy (non-hydrogen) atoms. The van der Waals surface area contributed by atoms with Gasteiger partial charge in [-0.25, -0.2) is 4.39 Å². The van der Waals surface area contributed by atoms with Crippen molar-refractivity contribution in [3.63, 3.8) is 0 Å². The Labute approximate surface area is 159 Å². The highest BCUT2D eigenvalue weighted by Gasteiger charge is 2.34. The maximum Gasteiger partial charge on any atom is 0.419 e. The molecule has 148 valence electrons. The predicted octanol–water partition coefficient (Wildman–Crippen LogP) is 4.80. The van der Waals surface area contributed by atoms with Gasteiger partial charge in [0, 0.05) is 30.2 Å². The molecule has 1 unspecified atom stereocenters. The summed E-state index contributed by atoms with van der Waals surface area (Å²) >= 11 is 0. The molecule has 2 heterocycles. The van der Waals surface area contributed by atoms with E-state index in [0.29, 0.717) is 18.7 Å². The standard InChI is InChI=1S/C20H20F4N4/c21-18-5-3-13(8-17(18)20(22,23)24)11-28-7-1-2-16(12-28)26-15-4-6-19-14(9-15)10-25-27-19/h3-6,8-10,16,26H,1-2,7,11-12H2,(H,25,27). The van der Waals surface area contributed by atoms with Crippen LogP contribution in [-0.2, 0) is 12.7 Å². The van der Waals surface area contributed by atoms with Crippen molar-refractivity contribution in [1.82, 2.24) is 15.1 Å². The number of likely N-dealkylation sites (tertiary alicyclic amines) is 1. The zero-order valence-electron chi connectivity index (χ0n) is 15.1. The van der Waals surface area contributed by atoms with Gasteiger partial charge in [-0.2, -0.15) is 18.3 Å². The third-order valence-electron chi connectivity index (χ3n) is 5.06. The fourth-order valence-electron chi connectivity index (χ4n) is 3.73. The summed E-state index contributed by atoms with van der Waals surface area (Å²) in [5.41, 5.74) is 1.22. The van der Waals surface area contributed by atoms with Crippen LogP contribution in [0, 0.1) is 5.82 Å². The van der Waals surface area contributed by atoms with E-state index in [1.165, 1.54) is 6.07 Å². The van der Waals surface area contributed by atoms with E-state index in [-0.39, 0.29) is 6.04 Å². The van der Waals surface area contributed by atoms with Crippen molar-refractivity contribution in [3.8, 4) is 0 Å². The number of fused-ring (bicyclic) bond motifs is 1. The van der Waals surface area contributed by atoms with Gasteiger partial charge in [0.1, 0.15) is 5.82 Å². The molecular weight excluding hydrogens is 372 g/mol. The number of H-pyrrole nitrogens is 1. The number of rotatable bonds is 4. The number of piperidine rings is 1. The zero-order valence-corrected chi connectivity index (χ0v) is 15.1. The second-order valence-corrected chi connectivity index (χ2v) is 7.20. The Hall–Kier alpha value is -2.61. The molecule has 1 saturated heterocycles. The van der Waals surface area contributed by atoms with Crippen LogP contribution in [0.15, 0.2) is 42.6 Å². The molecule has 4 nitrogen and oxygen atoms in total. The topological polar surface area (TPSA) is 44.0 Å². The number of benzene rings is 2. The van der Waals surface area contributed by atoms with Gasteiger partial charge in [0.2, 0.25) is 0 Å². The largest absolute Gasteiger partial charge is 0.419 e. The first kappa shape index (κ1) is 18.7. The fourth-order valence-corrected chi connectivity index (χ4v) is 3.73. The van der Waals surface area contributed by atoms with Gasteiger partial charge in [0.25, 0.3) is 0 Å². The fraction of sp³-hybridized carbons (Fsp3) is 0.350. The number of nitrogens with zero attached hydrogens (tertiary/aromatic N) is 2. The summed E-state index contributed by atoms with van der Waals surface area (Å²) in [6.45, 7) is 1.88. The first-order valence-electron chi connectivity index (χ1n) is 9.16. The third-order valence-corrected chi connectivity index (χ3v) is 5.06. The molecule has 0 spiro atoms. The molecule has 2 aromatic carbocycles. The number of nitrogens with one attached hydrogen (secondary N) is 2. The Balaban J connectivity index is 1.42. The van der Waals surface area contributed by atoms with E-state index in [1.54, 1.807) is 6.20 Å². The first-order valence-corrected chi connectivity index (χ1v) is 9.16. The lowest BCUT2D eigenvalue weighted by molar-refractivity contribution is -0.140. The number of alkyl halides is 3. The highest BCUT2D eigenvalue weighted by molar-refractivity contribution is 5.81. The summed E-state index contributed by atoms with van der Waals surface area (Å²) in [5, 5.41) is 11.4. The normalized spacial score (nSPS) is 18.5. The lowest BCUT2D eigenvalue weighted by Crippen LogP contribution is -2.41. The van der Waals surface area contributed by atoms with Crippen LogP contribution in [0.4, 0.5) is 23.2 Å². The molecule has 1 fully saturated rings. The van der Waals surface area contributed by atoms with E-state index in [1.807, 2.05) is 18.2 Å². The first-order chi connectivity index (χ1) is 13.4. The summed E-state index contributed by atoms with van der Waals surface area (Å²) in [6.07, 6.45) is -0.992. The summed E-state index contributed by atoms with van der Waals surface area (Å²) in [5.74, 6) is -1.23. The second-order valence-electron chi connectivity index (χ2n) is 7.20. The van der Waals surface area contributed by atoms with Gasteiger partial charge in [-0.1, -0.05) is 6.07 Å². The van der Waals surface area contributed by atoms with E-state index in [9.17, 15) is 17.6 Å². The number of halogens is 4. The molecule has 1 aliphatic rings. The molecule has 0 saturated carbocycles. The summed E-state index contributed by atoms with van der Waals surface area (Å²) < 4.78 is 52.3. The Bertz CT molecular complexity index is 966. The highest BCUT2D eigenvalue weighted by atomic mass is 19.4. The average molecular weight is 392 g/mol. The average Bonchev–Trinajstić information content (AvgIpc) is 3.10. The minimum Gasteiger partial charge on any atom is -0.381 e. The molecule has 0 bridgehead atoms. The quantitative estimate of drug-likeness (QED) is 0.627. The molecular formula is C20H20F4N4. The van der Waals surface area contributed by atoms with Crippen molar-refractivity contribution in [3.05, 3.63) is 59.5 Å². The van der Waals surface area contributed by atoms with Gasteiger partial charge in [-0.15, -0.1) is 0 Å². The summed E-state index contributed by atoms with van der Waals surface area (Å²) in [6, 6.07) is 9.40. The Morgan fingerprint density at radius 3 is 2.86 bits per heavy atom. The lowest BCUT2D eigenvalue weighted by atomic mass is 10.0. The van der Waals surface area contributed by atoms with Gasteiger partial charge in [-0.3, -0.25) is 10.00 Å². The van der Waals surface area contributed by atoms with Crippen LogP contribution in [0.5, 0.6) is 0 Å². The number of anilines is 1. The monoisotopic (exact) mass is 392 g/mol. The van der Waals surface area contributed by atoms with Crippen LogP contribution in [0.1, 0.15) is 24.0 Å². The van der Waals surface area contributed by atoms with Crippen LogP contribution < -0.4 is 5.32 Å². The maximum absolute atomic E-state index is 13.5. The SMILES string of the molecule is Fc1ccc(CN2CCCC(Nc3ccc4[nH]ncc4c3)C2)cc1C(F)(F)F. The van der Waals surface area contributed by atoms with Crippen LogP contribution in [0.2, 0.25) is 0 Å². The molecule has 2 N–H and O–H groups in total. The molecule has 0 radical (unpaired) electrons.